The van der Waals surface area contributed by atoms with Crippen LogP contribution in [0.1, 0.15) is 33.8 Å². The molecule has 0 aliphatic carbocycles. The topological polar surface area (TPSA) is 64.4 Å². The summed E-state index contributed by atoms with van der Waals surface area (Å²) in [5.74, 6) is -1.23. The molecule has 0 spiro atoms. The number of alkyl halides is 3. The average Bonchev–Trinajstić information content (AvgIpc) is 3.31. The molecule has 0 fully saturated rings. The van der Waals surface area contributed by atoms with E-state index in [4.69, 9.17) is 4.74 Å². The van der Waals surface area contributed by atoms with Gasteiger partial charge in [0.2, 0.25) is 0 Å². The first-order valence-electron chi connectivity index (χ1n) is 8.98. The maximum absolute atomic E-state index is 13.4. The number of benzene rings is 2. The molecule has 31 heavy (non-hydrogen) atoms. The third-order valence-electron chi connectivity index (χ3n) is 4.63. The lowest BCUT2D eigenvalue weighted by molar-refractivity contribution is -0.139. The van der Waals surface area contributed by atoms with Crippen molar-refractivity contribution < 1.29 is 27.8 Å². The Kier molecular flexibility index (Phi) is 5.52. The number of nitrogens with zero attached hydrogens (tertiary/aromatic N) is 2. The van der Waals surface area contributed by atoms with Crippen LogP contribution in [0.3, 0.4) is 0 Å². The first kappa shape index (κ1) is 21.4. The van der Waals surface area contributed by atoms with Gasteiger partial charge in [-0.2, -0.15) is 13.2 Å². The van der Waals surface area contributed by atoms with Crippen molar-refractivity contribution in [2.45, 2.75) is 19.2 Å². The van der Waals surface area contributed by atoms with Gasteiger partial charge in [-0.05, 0) is 31.2 Å². The second-order valence-corrected chi connectivity index (χ2v) is 8.62. The number of carboxylic acids is 1. The number of aromatic carboxylic acids is 1. The molecule has 1 unspecified atom stereocenters. The fourth-order valence-corrected chi connectivity index (χ4v) is 4.51. The molecule has 0 aliphatic heterocycles. The molecule has 1 N–H and O–H groups in total. The Morgan fingerprint density at radius 3 is 2.68 bits per heavy atom. The molecule has 0 radical (unpaired) electrons. The Balaban J connectivity index is 1.73. The predicted octanol–water partition coefficient (Wildman–Crippen LogP) is 6.71. The van der Waals surface area contributed by atoms with Gasteiger partial charge in [0.15, 0.2) is 4.88 Å². The van der Waals surface area contributed by atoms with Crippen molar-refractivity contribution >= 4 is 44.3 Å². The van der Waals surface area contributed by atoms with Crippen LogP contribution in [0.2, 0.25) is 0 Å². The van der Waals surface area contributed by atoms with Gasteiger partial charge in [0.25, 0.3) is 0 Å². The number of imidazole rings is 1. The van der Waals surface area contributed by atoms with Crippen LogP contribution in [0, 0.1) is 0 Å². The predicted molar refractivity (Wildman–Crippen MR) is 114 cm³/mol. The zero-order chi connectivity index (χ0) is 22.3. The molecule has 0 bridgehead atoms. The first-order chi connectivity index (χ1) is 14.6. The van der Waals surface area contributed by atoms with Crippen LogP contribution < -0.4 is 4.74 Å². The Labute approximate surface area is 186 Å². The van der Waals surface area contributed by atoms with Gasteiger partial charge < -0.3 is 9.84 Å². The van der Waals surface area contributed by atoms with Gasteiger partial charge in [0.1, 0.15) is 23.2 Å². The SMILES string of the molecule is CC(Oc1cc(-n2cnc3cc(Br)ccc32)sc1C(=O)O)c1ccccc1C(F)(F)F. The van der Waals surface area contributed by atoms with Crippen LogP contribution in [0.4, 0.5) is 13.2 Å². The molecule has 0 aliphatic rings. The minimum absolute atomic E-state index is 0.00376. The molecule has 0 amide bonds. The lowest BCUT2D eigenvalue weighted by Gasteiger charge is -2.19. The van der Waals surface area contributed by atoms with E-state index < -0.39 is 23.8 Å². The summed E-state index contributed by atoms with van der Waals surface area (Å²) in [6.45, 7) is 1.46. The van der Waals surface area contributed by atoms with E-state index in [9.17, 15) is 23.1 Å². The van der Waals surface area contributed by atoms with Crippen LogP contribution in [0.15, 0.2) is 59.3 Å². The number of carbonyl (C=O) groups is 1. The van der Waals surface area contributed by atoms with Crippen LogP contribution in [0.5, 0.6) is 5.75 Å². The normalized spacial score (nSPS) is 12.8. The van der Waals surface area contributed by atoms with Crippen molar-refractivity contribution in [3.63, 3.8) is 0 Å². The van der Waals surface area contributed by atoms with Gasteiger partial charge in [-0.1, -0.05) is 34.1 Å². The largest absolute Gasteiger partial charge is 0.484 e. The Morgan fingerprint density at radius 2 is 1.97 bits per heavy atom. The molecule has 10 heteroatoms. The highest BCUT2D eigenvalue weighted by Crippen LogP contribution is 2.39. The molecule has 5 nitrogen and oxygen atoms in total. The monoisotopic (exact) mass is 510 g/mol. The number of halogens is 4. The summed E-state index contributed by atoms with van der Waals surface area (Å²) in [5, 5.41) is 10.1. The van der Waals surface area contributed by atoms with Crippen molar-refractivity contribution in [3.8, 4) is 10.8 Å². The Morgan fingerprint density at radius 1 is 1.23 bits per heavy atom. The van der Waals surface area contributed by atoms with E-state index in [2.05, 4.69) is 20.9 Å². The van der Waals surface area contributed by atoms with Crippen molar-refractivity contribution in [1.82, 2.24) is 9.55 Å². The highest BCUT2D eigenvalue weighted by Gasteiger charge is 2.35. The summed E-state index contributed by atoms with van der Waals surface area (Å²) in [7, 11) is 0. The van der Waals surface area contributed by atoms with Crippen LogP contribution >= 0.6 is 27.3 Å². The van der Waals surface area contributed by atoms with Crippen LogP contribution in [-0.2, 0) is 6.18 Å². The number of hydrogen-bond acceptors (Lipinski definition) is 4. The molecule has 2 heterocycles. The number of hydrogen-bond donors (Lipinski definition) is 1. The third kappa shape index (κ3) is 4.17. The van der Waals surface area contributed by atoms with Gasteiger partial charge in [-0.15, -0.1) is 11.3 Å². The summed E-state index contributed by atoms with van der Waals surface area (Å²) in [5.41, 5.74) is 0.566. The second-order valence-electron chi connectivity index (χ2n) is 6.68. The van der Waals surface area contributed by atoms with Gasteiger partial charge in [-0.3, -0.25) is 4.57 Å². The van der Waals surface area contributed by atoms with Crippen molar-refractivity contribution in [2.75, 3.05) is 0 Å². The fraction of sp³-hybridized carbons (Fsp3) is 0.143. The van der Waals surface area contributed by atoms with Gasteiger partial charge in [0.05, 0.1) is 16.6 Å². The van der Waals surface area contributed by atoms with Crippen molar-refractivity contribution in [3.05, 3.63) is 75.3 Å². The van der Waals surface area contributed by atoms with Gasteiger partial charge in [0, 0.05) is 16.1 Å². The molecule has 0 saturated carbocycles. The van der Waals surface area contributed by atoms with Gasteiger partial charge >= 0.3 is 12.1 Å². The average molecular weight is 511 g/mol. The van der Waals surface area contributed by atoms with Gasteiger partial charge in [-0.25, -0.2) is 9.78 Å². The maximum Gasteiger partial charge on any atom is 0.416 e. The van der Waals surface area contributed by atoms with E-state index >= 15 is 0 Å². The zero-order valence-electron chi connectivity index (χ0n) is 15.9. The number of aromatic nitrogens is 2. The summed E-state index contributed by atoms with van der Waals surface area (Å²) in [6.07, 6.45) is -4.01. The highest BCUT2D eigenvalue weighted by molar-refractivity contribution is 9.10. The first-order valence-corrected chi connectivity index (χ1v) is 10.6. The van der Waals surface area contributed by atoms with Crippen molar-refractivity contribution in [1.29, 1.82) is 0 Å². The van der Waals surface area contributed by atoms with E-state index in [-0.39, 0.29) is 16.2 Å². The van der Waals surface area contributed by atoms with Crippen LogP contribution in [-0.4, -0.2) is 20.6 Å². The lowest BCUT2D eigenvalue weighted by atomic mass is 10.0. The summed E-state index contributed by atoms with van der Waals surface area (Å²) in [6, 6.07) is 12.1. The van der Waals surface area contributed by atoms with E-state index in [0.717, 1.165) is 27.4 Å². The minimum Gasteiger partial charge on any atom is -0.484 e. The number of rotatable bonds is 5. The summed E-state index contributed by atoms with van der Waals surface area (Å²) in [4.78, 5) is 16.0. The Hall–Kier alpha value is -2.85. The second kappa shape index (κ2) is 8.01. The zero-order valence-corrected chi connectivity index (χ0v) is 18.3. The molecule has 4 aromatic rings. The maximum atomic E-state index is 13.4. The Bertz CT molecular complexity index is 1280. The minimum atomic E-state index is -4.55. The standard InChI is InChI=1S/C21H14BrF3N2O3S/c1-11(13-4-2-3-5-14(13)21(23,24)25)30-17-9-18(31-19(17)20(28)29)27-10-26-15-8-12(22)6-7-16(15)27/h2-11H,1H3,(H,28,29). The molecule has 2 aromatic heterocycles. The smallest absolute Gasteiger partial charge is 0.416 e. The molecule has 1 atom stereocenters. The molecule has 4 rings (SSSR count). The fourth-order valence-electron chi connectivity index (χ4n) is 3.24. The quantitative estimate of drug-likeness (QED) is 0.324. The van der Waals surface area contributed by atoms with E-state index in [0.29, 0.717) is 10.5 Å². The summed E-state index contributed by atoms with van der Waals surface area (Å²) < 4.78 is 48.4. The van der Waals surface area contributed by atoms with Crippen molar-refractivity contribution in [2.24, 2.45) is 0 Å². The molecular weight excluding hydrogens is 497 g/mol. The number of carboxylic acid groups (broad SMARTS) is 1. The molecule has 160 valence electrons. The number of thiophene rings is 1. The third-order valence-corrected chi connectivity index (χ3v) is 6.23. The number of fused-ring (bicyclic) bond motifs is 1. The lowest BCUT2D eigenvalue weighted by Crippen LogP contribution is -2.14. The van der Waals surface area contributed by atoms with E-state index in [1.165, 1.54) is 31.2 Å². The number of ether oxygens (including phenoxy) is 1. The van der Waals surface area contributed by atoms with E-state index in [1.807, 2.05) is 18.2 Å². The summed E-state index contributed by atoms with van der Waals surface area (Å²) >= 11 is 4.33. The van der Waals surface area contributed by atoms with E-state index in [1.54, 1.807) is 10.9 Å². The highest BCUT2D eigenvalue weighted by atomic mass is 79.9. The molecular formula is C21H14BrF3N2O3S. The molecule has 0 saturated heterocycles. The van der Waals surface area contributed by atoms with Crippen LogP contribution in [0.25, 0.3) is 16.0 Å². The molecule has 2 aromatic carbocycles.